The molecule has 0 aliphatic rings. The molecule has 0 spiro atoms. The molecule has 0 radical (unpaired) electrons. The van der Waals surface area contributed by atoms with Gasteiger partial charge in [-0.2, -0.15) is 4.57 Å². The van der Waals surface area contributed by atoms with Gasteiger partial charge in [0, 0.05) is 24.3 Å². The fourth-order valence-corrected chi connectivity index (χ4v) is 3.79. The summed E-state index contributed by atoms with van der Waals surface area (Å²) in [4.78, 5) is 23.9. The Labute approximate surface area is 194 Å². The van der Waals surface area contributed by atoms with Gasteiger partial charge in [0.25, 0.3) is 16.2 Å². The average molecular weight is 486 g/mol. The number of benzene rings is 3. The number of ether oxygens (including phenoxy) is 1. The molecule has 0 amide bonds. The number of aryl methyl sites for hydroxylation is 3. The van der Waals surface area contributed by atoms with Crippen molar-refractivity contribution in [2.45, 2.75) is 13.8 Å². The summed E-state index contributed by atoms with van der Waals surface area (Å²) in [6, 6.07) is 18.2. The summed E-state index contributed by atoms with van der Waals surface area (Å²) in [7, 11) is -3.45. The fraction of sp³-hybridized carbons (Fsp3) is 0.130. The van der Waals surface area contributed by atoms with E-state index in [4.69, 9.17) is 17.7 Å². The first-order valence-electron chi connectivity index (χ1n) is 9.81. The van der Waals surface area contributed by atoms with E-state index in [-0.39, 0.29) is 5.69 Å². The first-order chi connectivity index (χ1) is 15.9. The van der Waals surface area contributed by atoms with Crippen LogP contribution in [0, 0.1) is 24.0 Å². The van der Waals surface area contributed by atoms with Crippen LogP contribution in [0.25, 0.3) is 21.8 Å². The molecule has 0 aliphatic carbocycles. The molecule has 34 heavy (non-hydrogen) atoms. The van der Waals surface area contributed by atoms with Gasteiger partial charge in [-0.15, -0.1) is 3.89 Å². The third-order valence-corrected chi connectivity index (χ3v) is 5.12. The number of non-ortho nitro benzene ring substituents is 1. The van der Waals surface area contributed by atoms with Crippen molar-refractivity contribution in [3.05, 3.63) is 87.5 Å². The highest BCUT2D eigenvalue weighted by Crippen LogP contribution is 2.31. The normalized spacial score (nSPS) is 11.1. The van der Waals surface area contributed by atoms with Gasteiger partial charge in [-0.1, -0.05) is 24.3 Å². The minimum absolute atomic E-state index is 0.0255. The molecule has 0 N–H and O–H groups in total. The number of nitrogens with zero attached hydrogens (tertiary/aromatic N) is 2. The van der Waals surface area contributed by atoms with E-state index in [1.165, 1.54) is 12.1 Å². The molecule has 0 atom stereocenters. The number of esters is 1. The molecule has 0 fully saturated rings. The van der Waals surface area contributed by atoms with Crippen LogP contribution < -0.4 is 9.30 Å². The number of carbonyl (C=O) groups excluding carboxylic acids is 1. The fourth-order valence-electron chi connectivity index (χ4n) is 3.79. The van der Waals surface area contributed by atoms with Crippen LogP contribution in [-0.4, -0.2) is 23.9 Å². The van der Waals surface area contributed by atoms with E-state index in [9.17, 15) is 18.8 Å². The van der Waals surface area contributed by atoms with Gasteiger partial charge in [-0.05, 0) is 37.1 Å². The minimum Gasteiger partial charge on any atom is -0.722 e. The molecule has 0 saturated heterocycles. The number of nitro groups is 1. The SMILES string of the molecule is Cc1cc([N+](=O)[O-])cc(C)c1OC(=O)c1c2ccccc2[n+](C)c2ccccc12.O=S(=O)([O-])F. The van der Waals surface area contributed by atoms with E-state index in [0.29, 0.717) is 22.4 Å². The summed E-state index contributed by atoms with van der Waals surface area (Å²) in [6.45, 7) is 3.40. The second-order valence-corrected chi connectivity index (χ2v) is 8.20. The first-order valence-corrected chi connectivity index (χ1v) is 11.1. The highest BCUT2D eigenvalue weighted by molar-refractivity contribution is 7.80. The van der Waals surface area contributed by atoms with Crippen LogP contribution in [0.3, 0.4) is 0 Å². The number of rotatable bonds is 3. The van der Waals surface area contributed by atoms with Gasteiger partial charge in [0.2, 0.25) is 11.0 Å². The Bertz CT molecular complexity index is 1460. The summed E-state index contributed by atoms with van der Waals surface area (Å²) in [6.07, 6.45) is 0. The van der Waals surface area contributed by atoms with Crippen LogP contribution in [0.1, 0.15) is 21.5 Å². The van der Waals surface area contributed by atoms with E-state index >= 15 is 0 Å². The smallest absolute Gasteiger partial charge is 0.345 e. The number of para-hydroxylation sites is 2. The van der Waals surface area contributed by atoms with Crippen LogP contribution in [-0.2, 0) is 17.6 Å². The van der Waals surface area contributed by atoms with E-state index in [0.717, 1.165) is 21.8 Å². The van der Waals surface area contributed by atoms with Crippen LogP contribution in [0.15, 0.2) is 60.7 Å². The molecule has 176 valence electrons. The Kier molecular flexibility index (Phi) is 6.89. The molecule has 1 aromatic heterocycles. The predicted molar refractivity (Wildman–Crippen MR) is 121 cm³/mol. The van der Waals surface area contributed by atoms with E-state index in [2.05, 4.69) is 0 Å². The van der Waals surface area contributed by atoms with Crippen LogP contribution >= 0.6 is 0 Å². The molecule has 1 heterocycles. The average Bonchev–Trinajstić information content (AvgIpc) is 2.75. The molecule has 11 heteroatoms. The third-order valence-electron chi connectivity index (χ3n) is 5.12. The molecular formula is C23H19FN2O7S. The number of hydrogen-bond donors (Lipinski definition) is 0. The second kappa shape index (κ2) is 9.49. The summed E-state index contributed by atoms with van der Waals surface area (Å²) >= 11 is 0. The van der Waals surface area contributed by atoms with Gasteiger partial charge in [0.15, 0.2) is 0 Å². The summed E-state index contributed by atoms with van der Waals surface area (Å²) in [5, 5.41) is 12.7. The molecule has 3 aromatic carbocycles. The van der Waals surface area contributed by atoms with Crippen molar-refractivity contribution in [1.82, 2.24) is 0 Å². The van der Waals surface area contributed by atoms with Crippen molar-refractivity contribution in [3.8, 4) is 5.75 Å². The number of pyridine rings is 1. The van der Waals surface area contributed by atoms with Crippen molar-refractivity contribution in [1.29, 1.82) is 0 Å². The number of halogens is 1. The van der Waals surface area contributed by atoms with Gasteiger partial charge < -0.3 is 9.29 Å². The Balaban J connectivity index is 0.000000588. The van der Waals surface area contributed by atoms with E-state index < -0.39 is 21.4 Å². The monoisotopic (exact) mass is 486 g/mol. The standard InChI is InChI=1S/C23H19N2O4.FHO3S/c1-14-12-16(25(27)28)13-15(2)22(14)29-23(26)21-17-8-4-6-10-19(17)24(3)20-11-7-5-9-18(20)21;1-5(2,3)4/h4-13H,1-3H3;(H,2,3,4)/q+1;/p-1. The lowest BCUT2D eigenvalue weighted by Gasteiger charge is -2.13. The maximum atomic E-state index is 13.3. The lowest BCUT2D eigenvalue weighted by atomic mass is 10.0. The number of hydrogen-bond acceptors (Lipinski definition) is 7. The zero-order valence-electron chi connectivity index (χ0n) is 18.3. The highest BCUT2D eigenvalue weighted by atomic mass is 32.3. The molecule has 4 rings (SSSR count). The molecule has 4 aromatic rings. The molecule has 0 saturated carbocycles. The van der Waals surface area contributed by atoms with Crippen molar-refractivity contribution >= 4 is 44.0 Å². The maximum absolute atomic E-state index is 13.3. The van der Waals surface area contributed by atoms with Crippen LogP contribution in [0.4, 0.5) is 9.57 Å². The molecule has 9 nitrogen and oxygen atoms in total. The largest absolute Gasteiger partial charge is 0.722 e. The summed E-state index contributed by atoms with van der Waals surface area (Å²) in [5.41, 5.74) is 3.36. The zero-order valence-corrected chi connectivity index (χ0v) is 19.1. The maximum Gasteiger partial charge on any atom is 0.345 e. The Hall–Kier alpha value is -3.96. The van der Waals surface area contributed by atoms with Crippen molar-refractivity contribution in [3.63, 3.8) is 0 Å². The number of aromatic nitrogens is 1. The first kappa shape index (κ1) is 24.7. The zero-order chi connectivity index (χ0) is 25.2. The highest BCUT2D eigenvalue weighted by Gasteiger charge is 2.25. The second-order valence-electron chi connectivity index (χ2n) is 7.42. The van der Waals surface area contributed by atoms with Crippen LogP contribution in [0.5, 0.6) is 5.75 Å². The Morgan fingerprint density at radius 2 is 1.38 bits per heavy atom. The lowest BCUT2D eigenvalue weighted by molar-refractivity contribution is -0.617. The predicted octanol–water partition coefficient (Wildman–Crippen LogP) is 3.98. The van der Waals surface area contributed by atoms with Crippen molar-refractivity contribution in [2.24, 2.45) is 7.05 Å². The van der Waals surface area contributed by atoms with E-state index in [1.54, 1.807) is 13.8 Å². The van der Waals surface area contributed by atoms with Crippen molar-refractivity contribution < 1.29 is 35.9 Å². The van der Waals surface area contributed by atoms with E-state index in [1.807, 2.05) is 60.1 Å². The molecular weight excluding hydrogens is 467 g/mol. The van der Waals surface area contributed by atoms with Gasteiger partial charge in [-0.3, -0.25) is 10.1 Å². The topological polar surface area (TPSA) is 131 Å². The number of nitro benzene ring substituents is 1. The van der Waals surface area contributed by atoms with Gasteiger partial charge >= 0.3 is 5.97 Å². The molecule has 0 bridgehead atoms. The lowest BCUT2D eigenvalue weighted by Crippen LogP contribution is -2.31. The van der Waals surface area contributed by atoms with Gasteiger partial charge in [0.05, 0.1) is 21.3 Å². The number of fused-ring (bicyclic) bond motifs is 2. The quantitative estimate of drug-likeness (QED) is 0.0626. The Morgan fingerprint density at radius 1 is 0.971 bits per heavy atom. The molecule has 0 aliphatic heterocycles. The minimum atomic E-state index is -5.42. The summed E-state index contributed by atoms with van der Waals surface area (Å²) in [5.74, 6) is -0.139. The van der Waals surface area contributed by atoms with Gasteiger partial charge in [0.1, 0.15) is 12.8 Å². The van der Waals surface area contributed by atoms with Crippen molar-refractivity contribution in [2.75, 3.05) is 0 Å². The van der Waals surface area contributed by atoms with Gasteiger partial charge in [-0.25, -0.2) is 13.2 Å². The summed E-state index contributed by atoms with van der Waals surface area (Å²) < 4.78 is 43.2. The Morgan fingerprint density at radius 3 is 1.79 bits per heavy atom. The number of carbonyl (C=O) groups is 1. The third kappa shape index (κ3) is 5.33. The van der Waals surface area contributed by atoms with Crippen LogP contribution in [0.2, 0.25) is 0 Å². The molecule has 0 unspecified atom stereocenters.